The molecule has 1 aliphatic heterocycles. The van der Waals surface area contributed by atoms with E-state index in [1.807, 2.05) is 36.1 Å². The Balaban J connectivity index is 1.63. The van der Waals surface area contributed by atoms with Gasteiger partial charge in [-0.25, -0.2) is 8.42 Å². The van der Waals surface area contributed by atoms with Crippen LogP contribution in [0.5, 0.6) is 0 Å². The molecule has 1 heterocycles. The summed E-state index contributed by atoms with van der Waals surface area (Å²) in [6.45, 7) is 4.09. The van der Waals surface area contributed by atoms with E-state index in [0.29, 0.717) is 32.6 Å². The van der Waals surface area contributed by atoms with Gasteiger partial charge >= 0.3 is 0 Å². The fourth-order valence-corrected chi connectivity index (χ4v) is 4.53. The van der Waals surface area contributed by atoms with Gasteiger partial charge < -0.3 is 4.90 Å². The minimum Gasteiger partial charge on any atom is -0.341 e. The number of nitrogens with zero attached hydrogens (tertiary/aromatic N) is 2. The van der Waals surface area contributed by atoms with Crippen molar-refractivity contribution in [2.45, 2.75) is 31.9 Å². The molecule has 0 spiro atoms. The minimum atomic E-state index is -3.33. The molecule has 1 aromatic rings. The molecule has 3 rings (SSSR count). The number of carbonyl (C=O) groups excluding carboxylic acids is 1. The maximum Gasteiger partial charge on any atom is 0.225 e. The summed E-state index contributed by atoms with van der Waals surface area (Å²) in [5, 5.41) is 0. The quantitative estimate of drug-likeness (QED) is 0.842. The number of carbonyl (C=O) groups is 1. The van der Waals surface area contributed by atoms with Crippen LogP contribution in [0.1, 0.15) is 30.4 Å². The lowest BCUT2D eigenvalue weighted by molar-refractivity contribution is -0.132. The molecular formula is C17H24N2O3S. The number of hydrogen-bond acceptors (Lipinski definition) is 3. The zero-order valence-corrected chi connectivity index (χ0v) is 14.4. The molecule has 0 N–H and O–H groups in total. The first-order valence-corrected chi connectivity index (χ1v) is 9.89. The van der Waals surface area contributed by atoms with Gasteiger partial charge in [-0.05, 0) is 31.7 Å². The van der Waals surface area contributed by atoms with Gasteiger partial charge in [-0.1, -0.05) is 29.8 Å². The van der Waals surface area contributed by atoms with Crippen LogP contribution >= 0.6 is 0 Å². The van der Waals surface area contributed by atoms with Crippen LogP contribution in [0.3, 0.4) is 0 Å². The maximum atomic E-state index is 12.6. The Morgan fingerprint density at radius 2 is 1.78 bits per heavy atom. The lowest BCUT2D eigenvalue weighted by Crippen LogP contribution is -2.38. The van der Waals surface area contributed by atoms with Gasteiger partial charge in [-0.2, -0.15) is 4.31 Å². The lowest BCUT2D eigenvalue weighted by Gasteiger charge is -2.22. The van der Waals surface area contributed by atoms with Crippen molar-refractivity contribution in [3.8, 4) is 0 Å². The van der Waals surface area contributed by atoms with E-state index < -0.39 is 10.0 Å². The second-order valence-corrected chi connectivity index (χ2v) is 8.56. The Kier molecular flexibility index (Phi) is 4.73. The van der Waals surface area contributed by atoms with Crippen LogP contribution in [0.2, 0.25) is 0 Å². The highest BCUT2D eigenvalue weighted by atomic mass is 32.2. The van der Waals surface area contributed by atoms with Crippen LogP contribution in [-0.2, 0) is 20.6 Å². The standard InChI is InChI=1S/C17H24N2O3S/c1-14-3-5-15(6-4-14)13-23(21,22)19-10-2-9-18(11-12-19)17(20)16-7-8-16/h3-6,16H,2,7-13H2,1H3. The fraction of sp³-hybridized carbons (Fsp3) is 0.588. The van der Waals surface area contributed by atoms with Crippen molar-refractivity contribution >= 4 is 15.9 Å². The highest BCUT2D eigenvalue weighted by Crippen LogP contribution is 2.31. The third-order valence-corrected chi connectivity index (χ3v) is 6.41. The lowest BCUT2D eigenvalue weighted by atomic mass is 10.2. The van der Waals surface area contributed by atoms with E-state index in [2.05, 4.69) is 0 Å². The maximum absolute atomic E-state index is 12.6. The van der Waals surface area contributed by atoms with Crippen LogP contribution in [0, 0.1) is 12.8 Å². The summed E-state index contributed by atoms with van der Waals surface area (Å²) in [4.78, 5) is 14.0. The summed E-state index contributed by atoms with van der Waals surface area (Å²) in [6.07, 6.45) is 2.70. The molecule has 1 saturated heterocycles. The van der Waals surface area contributed by atoms with Crippen molar-refractivity contribution in [3.63, 3.8) is 0 Å². The van der Waals surface area contributed by atoms with Gasteiger partial charge in [0.25, 0.3) is 0 Å². The van der Waals surface area contributed by atoms with Gasteiger partial charge in [0, 0.05) is 32.1 Å². The predicted octanol–water partition coefficient (Wildman–Crippen LogP) is 1.77. The van der Waals surface area contributed by atoms with Crippen LogP contribution in [0.15, 0.2) is 24.3 Å². The molecule has 0 radical (unpaired) electrons. The van der Waals surface area contributed by atoms with E-state index in [0.717, 1.165) is 24.0 Å². The highest BCUT2D eigenvalue weighted by Gasteiger charge is 2.35. The number of hydrogen-bond donors (Lipinski definition) is 0. The minimum absolute atomic E-state index is 0.0316. The third-order valence-electron chi connectivity index (χ3n) is 4.56. The number of rotatable bonds is 4. The van der Waals surface area contributed by atoms with Crippen LogP contribution in [0.4, 0.5) is 0 Å². The van der Waals surface area contributed by atoms with Gasteiger partial charge in [-0.3, -0.25) is 4.79 Å². The molecule has 0 unspecified atom stereocenters. The molecule has 1 saturated carbocycles. The molecule has 126 valence electrons. The van der Waals surface area contributed by atoms with E-state index >= 15 is 0 Å². The molecule has 1 aromatic carbocycles. The summed E-state index contributed by atoms with van der Waals surface area (Å²) in [7, 11) is -3.33. The first kappa shape index (κ1) is 16.5. The Morgan fingerprint density at radius 3 is 2.43 bits per heavy atom. The summed E-state index contributed by atoms with van der Waals surface area (Å²) in [5.74, 6) is 0.442. The van der Waals surface area contributed by atoms with Gasteiger partial charge in [0.1, 0.15) is 0 Å². The summed E-state index contributed by atoms with van der Waals surface area (Å²) < 4.78 is 26.8. The first-order chi connectivity index (χ1) is 11.0. The molecule has 2 fully saturated rings. The summed E-state index contributed by atoms with van der Waals surface area (Å²) >= 11 is 0. The molecule has 2 aliphatic rings. The zero-order chi connectivity index (χ0) is 16.4. The number of sulfonamides is 1. The van der Waals surface area contributed by atoms with E-state index in [1.54, 1.807) is 4.31 Å². The number of benzene rings is 1. The van der Waals surface area contributed by atoms with Crippen molar-refractivity contribution in [3.05, 3.63) is 35.4 Å². The molecule has 1 aliphatic carbocycles. The smallest absolute Gasteiger partial charge is 0.225 e. The van der Waals surface area contributed by atoms with Crippen molar-refractivity contribution in [1.29, 1.82) is 0 Å². The van der Waals surface area contributed by atoms with Crippen molar-refractivity contribution in [1.82, 2.24) is 9.21 Å². The topological polar surface area (TPSA) is 57.7 Å². The molecule has 1 amide bonds. The fourth-order valence-electron chi connectivity index (χ4n) is 2.97. The third kappa shape index (κ3) is 4.12. The van der Waals surface area contributed by atoms with E-state index in [-0.39, 0.29) is 17.6 Å². The van der Waals surface area contributed by atoms with E-state index in [4.69, 9.17) is 0 Å². The van der Waals surface area contributed by atoms with Crippen LogP contribution in [-0.4, -0.2) is 49.7 Å². The molecule has 0 atom stereocenters. The number of amides is 1. The Morgan fingerprint density at radius 1 is 1.09 bits per heavy atom. The van der Waals surface area contributed by atoms with Crippen molar-refractivity contribution in [2.24, 2.45) is 5.92 Å². The Labute approximate surface area is 138 Å². The largest absolute Gasteiger partial charge is 0.341 e. The van der Waals surface area contributed by atoms with Crippen molar-refractivity contribution in [2.75, 3.05) is 26.2 Å². The summed E-state index contributed by atoms with van der Waals surface area (Å²) in [5.41, 5.74) is 1.93. The van der Waals surface area contributed by atoms with E-state index in [9.17, 15) is 13.2 Å². The second kappa shape index (κ2) is 6.61. The molecule has 0 aromatic heterocycles. The predicted molar refractivity (Wildman–Crippen MR) is 89.3 cm³/mol. The normalized spacial score (nSPS) is 20.3. The summed E-state index contributed by atoms with van der Waals surface area (Å²) in [6, 6.07) is 7.61. The monoisotopic (exact) mass is 336 g/mol. The first-order valence-electron chi connectivity index (χ1n) is 8.28. The Hall–Kier alpha value is -1.40. The van der Waals surface area contributed by atoms with Gasteiger partial charge in [0.2, 0.25) is 15.9 Å². The molecule has 0 bridgehead atoms. The van der Waals surface area contributed by atoms with Crippen molar-refractivity contribution < 1.29 is 13.2 Å². The average Bonchev–Trinajstić information content (AvgIpc) is 3.35. The molecular weight excluding hydrogens is 312 g/mol. The second-order valence-electron chi connectivity index (χ2n) is 6.59. The van der Waals surface area contributed by atoms with E-state index in [1.165, 1.54) is 0 Å². The SMILES string of the molecule is Cc1ccc(CS(=O)(=O)N2CCCN(C(=O)C3CC3)CC2)cc1. The van der Waals surface area contributed by atoms with Gasteiger partial charge in [0.05, 0.1) is 5.75 Å². The molecule has 6 heteroatoms. The highest BCUT2D eigenvalue weighted by molar-refractivity contribution is 7.88. The number of aryl methyl sites for hydroxylation is 1. The Bertz CT molecular complexity index is 666. The zero-order valence-electron chi connectivity index (χ0n) is 13.6. The van der Waals surface area contributed by atoms with Gasteiger partial charge in [-0.15, -0.1) is 0 Å². The van der Waals surface area contributed by atoms with Crippen LogP contribution < -0.4 is 0 Å². The average molecular weight is 336 g/mol. The van der Waals surface area contributed by atoms with Gasteiger partial charge in [0.15, 0.2) is 0 Å². The molecule has 5 nitrogen and oxygen atoms in total. The van der Waals surface area contributed by atoms with Crippen LogP contribution in [0.25, 0.3) is 0 Å². The molecule has 23 heavy (non-hydrogen) atoms.